The number of nitrogens with zero attached hydrogens (tertiary/aromatic N) is 2. The molecule has 0 spiro atoms. The van der Waals surface area contributed by atoms with Crippen LogP contribution in [-0.2, 0) is 0 Å². The molecule has 0 N–H and O–H groups in total. The summed E-state index contributed by atoms with van der Waals surface area (Å²) in [5.41, 5.74) is 0.854. The van der Waals surface area contributed by atoms with Gasteiger partial charge in [0.05, 0.1) is 6.26 Å². The van der Waals surface area contributed by atoms with E-state index >= 15 is 0 Å². The Kier molecular flexibility index (Phi) is 2.40. The monoisotopic (exact) mass is 292 g/mol. The summed E-state index contributed by atoms with van der Waals surface area (Å²) in [5, 5.41) is 0.628. The number of halogens is 2. The lowest BCUT2D eigenvalue weighted by Gasteiger charge is -2.04. The SMILES string of the molecule is Fc1cccc2c(-c3ccco3)nc(Br)nc12. The minimum Gasteiger partial charge on any atom is -0.463 e. The second kappa shape index (κ2) is 3.92. The van der Waals surface area contributed by atoms with E-state index in [-0.39, 0.29) is 11.3 Å². The molecular formula is C12H6BrFN2O. The zero-order valence-electron chi connectivity index (χ0n) is 8.52. The van der Waals surface area contributed by atoms with Crippen LogP contribution in [0.3, 0.4) is 0 Å². The zero-order valence-corrected chi connectivity index (χ0v) is 10.1. The predicted molar refractivity (Wildman–Crippen MR) is 64.9 cm³/mol. The number of fused-ring (bicyclic) bond motifs is 1. The summed E-state index contributed by atoms with van der Waals surface area (Å²) in [6.45, 7) is 0. The molecule has 0 bridgehead atoms. The molecule has 0 atom stereocenters. The molecule has 3 rings (SSSR count). The van der Waals surface area contributed by atoms with Crippen molar-refractivity contribution in [3.63, 3.8) is 0 Å². The Balaban J connectivity index is 2.42. The molecule has 0 amide bonds. The fraction of sp³-hybridized carbons (Fsp3) is 0. The second-order valence-electron chi connectivity index (χ2n) is 3.45. The molecule has 0 unspecified atom stereocenters. The van der Waals surface area contributed by atoms with Crippen molar-refractivity contribution in [2.75, 3.05) is 0 Å². The summed E-state index contributed by atoms with van der Waals surface area (Å²) in [5.74, 6) is 0.210. The van der Waals surface area contributed by atoms with Gasteiger partial charge in [-0.1, -0.05) is 12.1 Å². The summed E-state index contributed by atoms with van der Waals surface area (Å²) in [4.78, 5) is 8.26. The largest absolute Gasteiger partial charge is 0.463 e. The van der Waals surface area contributed by atoms with Gasteiger partial charge < -0.3 is 4.42 Å². The fourth-order valence-corrected chi connectivity index (χ4v) is 2.05. The smallest absolute Gasteiger partial charge is 0.197 e. The number of para-hydroxylation sites is 1. The van der Waals surface area contributed by atoms with Gasteiger partial charge in [-0.25, -0.2) is 14.4 Å². The van der Waals surface area contributed by atoms with Crippen LogP contribution in [0.15, 0.2) is 45.7 Å². The number of rotatable bonds is 1. The molecule has 1 aromatic carbocycles. The molecule has 3 nitrogen and oxygen atoms in total. The third kappa shape index (κ3) is 1.72. The first-order valence-electron chi connectivity index (χ1n) is 4.91. The van der Waals surface area contributed by atoms with E-state index in [0.29, 0.717) is 21.6 Å². The summed E-state index contributed by atoms with van der Waals surface area (Å²) in [7, 11) is 0. The summed E-state index contributed by atoms with van der Waals surface area (Å²) in [6, 6.07) is 8.30. The van der Waals surface area contributed by atoms with Gasteiger partial charge in [0, 0.05) is 5.39 Å². The highest BCUT2D eigenvalue weighted by atomic mass is 79.9. The predicted octanol–water partition coefficient (Wildman–Crippen LogP) is 3.79. The minimum atomic E-state index is -0.376. The molecule has 0 radical (unpaired) electrons. The van der Waals surface area contributed by atoms with E-state index in [0.717, 1.165) is 0 Å². The molecular weight excluding hydrogens is 287 g/mol. The van der Waals surface area contributed by atoms with Crippen molar-refractivity contribution in [1.82, 2.24) is 9.97 Å². The maximum absolute atomic E-state index is 13.6. The first kappa shape index (κ1) is 10.4. The quantitative estimate of drug-likeness (QED) is 0.641. The van der Waals surface area contributed by atoms with Crippen LogP contribution in [0.1, 0.15) is 0 Å². The van der Waals surface area contributed by atoms with Crippen molar-refractivity contribution < 1.29 is 8.81 Å². The average Bonchev–Trinajstić information content (AvgIpc) is 2.83. The van der Waals surface area contributed by atoms with Crippen LogP contribution in [0.2, 0.25) is 0 Å². The summed E-state index contributed by atoms with van der Waals surface area (Å²) in [6.07, 6.45) is 1.55. The molecule has 0 aliphatic rings. The highest BCUT2D eigenvalue weighted by Crippen LogP contribution is 2.28. The van der Waals surface area contributed by atoms with Crippen molar-refractivity contribution in [2.45, 2.75) is 0 Å². The number of benzene rings is 1. The van der Waals surface area contributed by atoms with Crippen molar-refractivity contribution in [3.05, 3.63) is 47.1 Å². The van der Waals surface area contributed by atoms with Gasteiger partial charge in [0.15, 0.2) is 10.5 Å². The van der Waals surface area contributed by atoms with E-state index in [9.17, 15) is 4.39 Å². The van der Waals surface area contributed by atoms with Crippen LogP contribution in [0.5, 0.6) is 0 Å². The average molecular weight is 293 g/mol. The van der Waals surface area contributed by atoms with Gasteiger partial charge in [-0.2, -0.15) is 0 Å². The van der Waals surface area contributed by atoms with E-state index in [1.54, 1.807) is 30.5 Å². The Hall–Kier alpha value is -1.75. The third-order valence-electron chi connectivity index (χ3n) is 2.40. The van der Waals surface area contributed by atoms with Gasteiger partial charge in [-0.05, 0) is 34.1 Å². The maximum atomic E-state index is 13.6. The molecule has 0 saturated carbocycles. The molecule has 5 heteroatoms. The van der Waals surface area contributed by atoms with Gasteiger partial charge in [0.1, 0.15) is 17.0 Å². The van der Waals surface area contributed by atoms with Crippen LogP contribution in [0.4, 0.5) is 4.39 Å². The molecule has 17 heavy (non-hydrogen) atoms. The van der Waals surface area contributed by atoms with Crippen LogP contribution < -0.4 is 0 Å². The summed E-state index contributed by atoms with van der Waals surface area (Å²) < 4.78 is 19.3. The molecule has 0 aliphatic carbocycles. The van der Waals surface area contributed by atoms with Crippen LogP contribution >= 0.6 is 15.9 Å². The van der Waals surface area contributed by atoms with E-state index in [2.05, 4.69) is 25.9 Å². The molecule has 2 heterocycles. The first-order valence-corrected chi connectivity index (χ1v) is 5.70. The molecule has 3 aromatic rings. The molecule has 0 saturated heterocycles. The van der Waals surface area contributed by atoms with Gasteiger partial charge in [-0.15, -0.1) is 0 Å². The molecule has 2 aromatic heterocycles. The van der Waals surface area contributed by atoms with Gasteiger partial charge in [0.2, 0.25) is 0 Å². The number of hydrogen-bond acceptors (Lipinski definition) is 3. The lowest BCUT2D eigenvalue weighted by atomic mass is 10.1. The van der Waals surface area contributed by atoms with E-state index in [4.69, 9.17) is 4.42 Å². The van der Waals surface area contributed by atoms with Crippen molar-refractivity contribution in [2.24, 2.45) is 0 Å². The third-order valence-corrected chi connectivity index (χ3v) is 2.76. The van der Waals surface area contributed by atoms with Gasteiger partial charge in [0.25, 0.3) is 0 Å². The Morgan fingerprint density at radius 1 is 1.12 bits per heavy atom. The van der Waals surface area contributed by atoms with Crippen molar-refractivity contribution in [1.29, 1.82) is 0 Å². The molecule has 0 fully saturated rings. The van der Waals surface area contributed by atoms with Crippen LogP contribution in [0.25, 0.3) is 22.4 Å². The standard InChI is InChI=1S/C12H6BrFN2O/c13-12-15-10-7(3-1-4-8(10)14)11(16-12)9-5-2-6-17-9/h1-6H. The minimum absolute atomic E-state index is 0.278. The van der Waals surface area contributed by atoms with Crippen LogP contribution in [-0.4, -0.2) is 9.97 Å². The van der Waals surface area contributed by atoms with Gasteiger partial charge in [-0.3, -0.25) is 0 Å². The van der Waals surface area contributed by atoms with Gasteiger partial charge >= 0.3 is 0 Å². The highest BCUT2D eigenvalue weighted by Gasteiger charge is 2.13. The molecule has 0 aliphatic heterocycles. The molecule has 84 valence electrons. The Morgan fingerprint density at radius 3 is 2.76 bits per heavy atom. The lowest BCUT2D eigenvalue weighted by molar-refractivity contribution is 0.580. The zero-order chi connectivity index (χ0) is 11.8. The summed E-state index contributed by atoms with van der Waals surface area (Å²) >= 11 is 3.17. The van der Waals surface area contributed by atoms with Crippen molar-refractivity contribution >= 4 is 26.8 Å². The topological polar surface area (TPSA) is 38.9 Å². The number of hydrogen-bond donors (Lipinski definition) is 0. The number of aromatic nitrogens is 2. The van der Waals surface area contributed by atoms with E-state index < -0.39 is 0 Å². The normalized spacial score (nSPS) is 10.9. The Bertz CT molecular complexity index is 682. The first-order chi connectivity index (χ1) is 8.25. The van der Waals surface area contributed by atoms with Crippen LogP contribution in [0, 0.1) is 5.82 Å². The maximum Gasteiger partial charge on any atom is 0.197 e. The van der Waals surface area contributed by atoms with E-state index in [1.807, 2.05) is 0 Å². The Morgan fingerprint density at radius 2 is 2.00 bits per heavy atom. The van der Waals surface area contributed by atoms with E-state index in [1.165, 1.54) is 6.07 Å². The highest BCUT2D eigenvalue weighted by molar-refractivity contribution is 9.10. The number of furan rings is 1. The second-order valence-corrected chi connectivity index (χ2v) is 4.16. The lowest BCUT2D eigenvalue weighted by Crippen LogP contribution is -1.92. The Labute approximate surface area is 104 Å². The fourth-order valence-electron chi connectivity index (χ4n) is 1.69. The van der Waals surface area contributed by atoms with Crippen molar-refractivity contribution in [3.8, 4) is 11.5 Å².